The Morgan fingerprint density at radius 3 is 2.64 bits per heavy atom. The first-order valence-electron chi connectivity index (χ1n) is 8.30. The molecule has 2 aromatic rings. The molecule has 132 valence electrons. The highest BCUT2D eigenvalue weighted by atomic mass is 19.1. The Labute approximate surface area is 145 Å². The first-order valence-corrected chi connectivity index (χ1v) is 8.30. The SMILES string of the molecule is Cc1[nH]c(=O)ccc1C(=O)N(C)C1CCOC(c2ccc(F)cc2)C1. The molecule has 1 fully saturated rings. The number of hydrogen-bond donors (Lipinski definition) is 1. The van der Waals surface area contributed by atoms with Crippen LogP contribution in [-0.4, -0.2) is 35.5 Å². The summed E-state index contributed by atoms with van der Waals surface area (Å²) in [6, 6.07) is 9.21. The summed E-state index contributed by atoms with van der Waals surface area (Å²) in [5.74, 6) is -0.407. The highest BCUT2D eigenvalue weighted by Gasteiger charge is 2.29. The van der Waals surface area contributed by atoms with E-state index in [1.54, 1.807) is 37.1 Å². The van der Waals surface area contributed by atoms with Crippen molar-refractivity contribution in [2.24, 2.45) is 0 Å². The number of rotatable bonds is 3. The van der Waals surface area contributed by atoms with E-state index in [2.05, 4.69) is 4.98 Å². The Morgan fingerprint density at radius 2 is 1.96 bits per heavy atom. The number of amides is 1. The van der Waals surface area contributed by atoms with Crippen LogP contribution in [0, 0.1) is 12.7 Å². The first-order chi connectivity index (χ1) is 12.0. The molecule has 0 radical (unpaired) electrons. The monoisotopic (exact) mass is 344 g/mol. The predicted octanol–water partition coefficient (Wildman–Crippen LogP) is 2.81. The molecular weight excluding hydrogens is 323 g/mol. The standard InChI is InChI=1S/C19H21FN2O3/c1-12-16(7-8-18(23)21-12)19(24)22(2)15-9-10-25-17(11-15)13-3-5-14(20)6-4-13/h3-8,15,17H,9-11H2,1-2H3,(H,21,23). The maximum atomic E-state index is 13.1. The van der Waals surface area contributed by atoms with Gasteiger partial charge >= 0.3 is 0 Å². The topological polar surface area (TPSA) is 62.4 Å². The van der Waals surface area contributed by atoms with Gasteiger partial charge < -0.3 is 14.6 Å². The zero-order valence-corrected chi connectivity index (χ0v) is 14.3. The van der Waals surface area contributed by atoms with Crippen LogP contribution in [0.25, 0.3) is 0 Å². The second-order valence-electron chi connectivity index (χ2n) is 6.37. The zero-order valence-electron chi connectivity index (χ0n) is 14.3. The lowest BCUT2D eigenvalue weighted by Gasteiger charge is -2.36. The van der Waals surface area contributed by atoms with E-state index in [1.807, 2.05) is 0 Å². The van der Waals surface area contributed by atoms with Crippen molar-refractivity contribution in [3.8, 4) is 0 Å². The normalized spacial score (nSPS) is 20.3. The van der Waals surface area contributed by atoms with Crippen molar-refractivity contribution in [1.29, 1.82) is 0 Å². The molecule has 0 spiro atoms. The average Bonchev–Trinajstić information content (AvgIpc) is 2.61. The van der Waals surface area contributed by atoms with Gasteiger partial charge in [0.05, 0.1) is 11.7 Å². The summed E-state index contributed by atoms with van der Waals surface area (Å²) in [4.78, 5) is 28.5. The summed E-state index contributed by atoms with van der Waals surface area (Å²) in [6.45, 7) is 2.25. The number of benzene rings is 1. The van der Waals surface area contributed by atoms with Gasteiger partial charge in [-0.3, -0.25) is 9.59 Å². The van der Waals surface area contributed by atoms with E-state index in [0.717, 1.165) is 12.0 Å². The molecule has 25 heavy (non-hydrogen) atoms. The number of H-pyrrole nitrogens is 1. The maximum absolute atomic E-state index is 13.1. The highest BCUT2D eigenvalue weighted by Crippen LogP contribution is 2.30. The number of ether oxygens (including phenoxy) is 1. The van der Waals surface area contributed by atoms with Crippen LogP contribution >= 0.6 is 0 Å². The first kappa shape index (κ1) is 17.4. The van der Waals surface area contributed by atoms with Crippen molar-refractivity contribution in [2.75, 3.05) is 13.7 Å². The number of aromatic nitrogens is 1. The molecule has 2 heterocycles. The zero-order chi connectivity index (χ0) is 18.0. The van der Waals surface area contributed by atoms with Crippen molar-refractivity contribution in [1.82, 2.24) is 9.88 Å². The van der Waals surface area contributed by atoms with Crippen molar-refractivity contribution in [2.45, 2.75) is 31.9 Å². The van der Waals surface area contributed by atoms with Crippen LogP contribution in [0.5, 0.6) is 0 Å². The lowest BCUT2D eigenvalue weighted by atomic mass is 9.96. The molecule has 0 saturated carbocycles. The molecule has 1 amide bonds. The van der Waals surface area contributed by atoms with E-state index >= 15 is 0 Å². The largest absolute Gasteiger partial charge is 0.373 e. The van der Waals surface area contributed by atoms with Gasteiger partial charge in [-0.2, -0.15) is 0 Å². The summed E-state index contributed by atoms with van der Waals surface area (Å²) < 4.78 is 18.9. The molecule has 6 heteroatoms. The Balaban J connectivity index is 1.75. The van der Waals surface area contributed by atoms with E-state index in [1.165, 1.54) is 18.2 Å². The Bertz CT molecular complexity index is 816. The van der Waals surface area contributed by atoms with E-state index in [9.17, 15) is 14.0 Å². The van der Waals surface area contributed by atoms with Crippen LogP contribution in [0.15, 0.2) is 41.2 Å². The summed E-state index contributed by atoms with van der Waals surface area (Å²) in [5, 5.41) is 0. The third kappa shape index (κ3) is 3.79. The van der Waals surface area contributed by atoms with Crippen molar-refractivity contribution >= 4 is 5.91 Å². The maximum Gasteiger partial charge on any atom is 0.255 e. The van der Waals surface area contributed by atoms with Crippen molar-refractivity contribution < 1.29 is 13.9 Å². The van der Waals surface area contributed by atoms with Crippen LogP contribution in [0.4, 0.5) is 4.39 Å². The van der Waals surface area contributed by atoms with Crippen LogP contribution in [-0.2, 0) is 4.74 Å². The Hall–Kier alpha value is -2.47. The van der Waals surface area contributed by atoms with E-state index in [-0.39, 0.29) is 29.4 Å². The number of aryl methyl sites for hydroxylation is 1. The molecule has 2 unspecified atom stereocenters. The molecule has 1 aromatic carbocycles. The minimum absolute atomic E-state index is 0.0163. The van der Waals surface area contributed by atoms with Crippen LogP contribution in [0.1, 0.15) is 40.6 Å². The number of pyridine rings is 1. The average molecular weight is 344 g/mol. The molecule has 0 aliphatic carbocycles. The quantitative estimate of drug-likeness (QED) is 0.931. The summed E-state index contributed by atoms with van der Waals surface area (Å²) in [6.07, 6.45) is 1.23. The fourth-order valence-electron chi connectivity index (χ4n) is 3.21. The van der Waals surface area contributed by atoms with Gasteiger partial charge in [-0.25, -0.2) is 4.39 Å². The van der Waals surface area contributed by atoms with Gasteiger partial charge in [-0.15, -0.1) is 0 Å². The number of carbonyl (C=O) groups is 1. The highest BCUT2D eigenvalue weighted by molar-refractivity contribution is 5.95. The van der Waals surface area contributed by atoms with Crippen LogP contribution in [0.2, 0.25) is 0 Å². The fraction of sp³-hybridized carbons (Fsp3) is 0.368. The lowest BCUT2D eigenvalue weighted by molar-refractivity contribution is -0.0197. The molecular formula is C19H21FN2O3. The third-order valence-electron chi connectivity index (χ3n) is 4.71. The van der Waals surface area contributed by atoms with E-state index < -0.39 is 0 Å². The smallest absolute Gasteiger partial charge is 0.255 e. The number of carbonyl (C=O) groups excluding carboxylic acids is 1. The second-order valence-corrected chi connectivity index (χ2v) is 6.37. The molecule has 1 saturated heterocycles. The molecule has 1 aromatic heterocycles. The van der Waals surface area contributed by atoms with E-state index in [0.29, 0.717) is 24.3 Å². The molecule has 1 aliphatic heterocycles. The minimum Gasteiger partial charge on any atom is -0.373 e. The lowest BCUT2D eigenvalue weighted by Crippen LogP contribution is -2.41. The number of halogens is 1. The van der Waals surface area contributed by atoms with Crippen LogP contribution < -0.4 is 5.56 Å². The third-order valence-corrected chi connectivity index (χ3v) is 4.71. The fourth-order valence-corrected chi connectivity index (χ4v) is 3.21. The molecule has 3 rings (SSSR count). The van der Waals surface area contributed by atoms with Crippen LogP contribution in [0.3, 0.4) is 0 Å². The van der Waals surface area contributed by atoms with Gasteiger partial charge in [0.15, 0.2) is 0 Å². The Kier molecular flexibility index (Phi) is 4.99. The molecule has 1 aliphatic rings. The van der Waals surface area contributed by atoms with Gasteiger partial charge in [0.25, 0.3) is 5.91 Å². The van der Waals surface area contributed by atoms with Gasteiger partial charge in [-0.1, -0.05) is 12.1 Å². The number of hydrogen-bond acceptors (Lipinski definition) is 3. The Morgan fingerprint density at radius 1 is 1.24 bits per heavy atom. The second kappa shape index (κ2) is 7.19. The summed E-state index contributed by atoms with van der Waals surface area (Å²) in [5.41, 5.74) is 1.74. The minimum atomic E-state index is -0.281. The molecule has 0 bridgehead atoms. The summed E-state index contributed by atoms with van der Waals surface area (Å²) in [7, 11) is 1.77. The predicted molar refractivity (Wildman–Crippen MR) is 92.0 cm³/mol. The van der Waals surface area contributed by atoms with Gasteiger partial charge in [0.2, 0.25) is 5.56 Å². The molecule has 1 N–H and O–H groups in total. The number of aromatic amines is 1. The van der Waals surface area contributed by atoms with Crippen molar-refractivity contribution in [3.63, 3.8) is 0 Å². The molecule has 5 nitrogen and oxygen atoms in total. The molecule has 2 atom stereocenters. The number of nitrogens with zero attached hydrogens (tertiary/aromatic N) is 1. The van der Waals surface area contributed by atoms with Gasteiger partial charge in [0, 0.05) is 31.5 Å². The van der Waals surface area contributed by atoms with Gasteiger partial charge in [0.1, 0.15) is 5.82 Å². The van der Waals surface area contributed by atoms with E-state index in [4.69, 9.17) is 4.74 Å². The van der Waals surface area contributed by atoms with Crippen molar-refractivity contribution in [3.05, 3.63) is 69.4 Å². The summed E-state index contributed by atoms with van der Waals surface area (Å²) >= 11 is 0. The number of nitrogens with one attached hydrogen (secondary N) is 1. The van der Waals surface area contributed by atoms with Gasteiger partial charge in [-0.05, 0) is 43.5 Å².